The summed E-state index contributed by atoms with van der Waals surface area (Å²) in [6.07, 6.45) is 72.7. The fourth-order valence-corrected chi connectivity index (χ4v) is 8.02. The van der Waals surface area contributed by atoms with E-state index in [-0.39, 0.29) is 25.4 Å². The number of quaternary nitrogens is 1. The minimum atomic E-state index is -4.72. The van der Waals surface area contributed by atoms with Crippen molar-refractivity contribution in [3.05, 3.63) is 134 Å². The summed E-state index contributed by atoms with van der Waals surface area (Å²) in [4.78, 5) is 39.8. The van der Waals surface area contributed by atoms with E-state index in [9.17, 15) is 19.0 Å². The predicted octanol–water partition coefficient (Wildman–Crippen LogP) is 16.7. The number of ether oxygens (including phenoxy) is 1. The van der Waals surface area contributed by atoms with E-state index in [2.05, 4.69) is 86.8 Å². The topological polar surface area (TPSA) is 114 Å². The summed E-state index contributed by atoms with van der Waals surface area (Å²) < 4.78 is 30.1. The molecule has 0 saturated carbocycles. The monoisotopic (exact) mass is 1030 g/mol. The molecule has 0 aliphatic carbocycles. The molecule has 0 aliphatic heterocycles. The third kappa shape index (κ3) is 52.8. The van der Waals surface area contributed by atoms with Gasteiger partial charge in [0.25, 0.3) is 7.82 Å². The van der Waals surface area contributed by atoms with E-state index < -0.39 is 32.5 Å². The van der Waals surface area contributed by atoms with Crippen molar-refractivity contribution >= 4 is 19.7 Å². The normalized spacial score (nSPS) is 14.8. The van der Waals surface area contributed by atoms with Crippen molar-refractivity contribution in [3.8, 4) is 0 Å². The molecule has 0 aromatic heterocycles. The zero-order valence-corrected chi connectivity index (χ0v) is 47.9. The Hall–Kier alpha value is -3.85. The Morgan fingerprint density at radius 2 is 0.932 bits per heavy atom. The van der Waals surface area contributed by atoms with Gasteiger partial charge < -0.3 is 28.5 Å². The number of nitrogens with one attached hydrogen (secondary N) is 1. The summed E-state index contributed by atoms with van der Waals surface area (Å²) in [6.45, 7) is 6.57. The lowest BCUT2D eigenvalue weighted by molar-refractivity contribution is -0.870. The van der Waals surface area contributed by atoms with Gasteiger partial charge in [0.1, 0.15) is 19.3 Å². The second-order valence-electron chi connectivity index (χ2n) is 19.9. The quantitative estimate of drug-likeness (QED) is 0.0161. The second kappa shape index (κ2) is 51.6. The molecule has 1 N–H and O–H groups in total. The molecule has 0 heterocycles. The highest BCUT2D eigenvalue weighted by atomic mass is 31.2. The van der Waals surface area contributed by atoms with Gasteiger partial charge in [-0.1, -0.05) is 225 Å². The number of phosphoric ester groups is 1. The van der Waals surface area contributed by atoms with Crippen LogP contribution in [0.2, 0.25) is 0 Å². The van der Waals surface area contributed by atoms with Gasteiger partial charge in [0.05, 0.1) is 33.8 Å². The van der Waals surface area contributed by atoms with Crippen LogP contribution in [0, 0.1) is 0 Å². The molecule has 9 nitrogen and oxygen atoms in total. The Kier molecular flexibility index (Phi) is 48.9. The molecular weight excluding hydrogens is 928 g/mol. The molecule has 73 heavy (non-hydrogen) atoms. The van der Waals surface area contributed by atoms with Crippen LogP contribution in [0.3, 0.4) is 0 Å². The van der Waals surface area contributed by atoms with E-state index in [4.69, 9.17) is 13.8 Å². The van der Waals surface area contributed by atoms with Crippen LogP contribution in [-0.4, -0.2) is 69.4 Å². The zero-order chi connectivity index (χ0) is 53.6. The van der Waals surface area contributed by atoms with Crippen molar-refractivity contribution in [2.75, 3.05) is 40.9 Å². The number of likely N-dealkylation sites (N-methyl/N-ethyl adjacent to an activating group) is 1. The number of hydrogen-bond acceptors (Lipinski definition) is 7. The fraction of sp³-hybridized carbons (Fsp3) is 0.619. The highest BCUT2D eigenvalue weighted by Gasteiger charge is 2.27. The molecule has 0 radical (unpaired) electrons. The first-order valence-electron chi connectivity index (χ1n) is 28.6. The molecule has 0 spiro atoms. The van der Waals surface area contributed by atoms with E-state index in [1.807, 2.05) is 88.0 Å². The summed E-state index contributed by atoms with van der Waals surface area (Å²) in [5, 5.41) is 2.98. The Balaban J connectivity index is 5.48. The van der Waals surface area contributed by atoms with Gasteiger partial charge in [0.2, 0.25) is 5.91 Å². The molecule has 414 valence electrons. The lowest BCUT2D eigenvalue weighted by Crippen LogP contribution is -2.47. The fourth-order valence-electron chi connectivity index (χ4n) is 7.30. The predicted molar refractivity (Wildman–Crippen MR) is 311 cm³/mol. The Morgan fingerprint density at radius 3 is 1.47 bits per heavy atom. The van der Waals surface area contributed by atoms with E-state index in [1.54, 1.807) is 6.08 Å². The third-order valence-corrected chi connectivity index (χ3v) is 12.7. The van der Waals surface area contributed by atoms with Crippen LogP contribution in [0.25, 0.3) is 0 Å². The number of amides is 1. The van der Waals surface area contributed by atoms with Gasteiger partial charge in [-0.3, -0.25) is 14.2 Å². The zero-order valence-electron chi connectivity index (χ0n) is 47.0. The van der Waals surface area contributed by atoms with Crippen molar-refractivity contribution in [1.82, 2.24) is 5.32 Å². The number of hydrogen-bond donors (Lipinski definition) is 1. The number of rotatable bonds is 49. The van der Waals surface area contributed by atoms with Crippen molar-refractivity contribution in [1.29, 1.82) is 0 Å². The van der Waals surface area contributed by atoms with Gasteiger partial charge in [-0.15, -0.1) is 0 Å². The van der Waals surface area contributed by atoms with Crippen LogP contribution in [0.5, 0.6) is 0 Å². The number of phosphoric acid groups is 1. The van der Waals surface area contributed by atoms with Crippen molar-refractivity contribution in [3.63, 3.8) is 0 Å². The maximum absolute atomic E-state index is 13.5. The van der Waals surface area contributed by atoms with Gasteiger partial charge in [-0.2, -0.15) is 0 Å². The van der Waals surface area contributed by atoms with Crippen molar-refractivity contribution in [2.24, 2.45) is 0 Å². The van der Waals surface area contributed by atoms with E-state index >= 15 is 0 Å². The molecule has 0 aliphatic rings. The summed E-state index contributed by atoms with van der Waals surface area (Å²) in [5.74, 6) is -0.642. The molecule has 0 aromatic carbocycles. The number of unbranched alkanes of at least 4 members (excludes halogenated alkanes) is 18. The van der Waals surface area contributed by atoms with E-state index in [0.29, 0.717) is 23.9 Å². The molecule has 1 amide bonds. The highest BCUT2D eigenvalue weighted by molar-refractivity contribution is 7.45. The van der Waals surface area contributed by atoms with Crippen LogP contribution >= 0.6 is 7.82 Å². The number of carbonyl (C=O) groups is 2. The largest absolute Gasteiger partial charge is 0.756 e. The molecule has 10 heteroatoms. The molecule has 3 unspecified atom stereocenters. The van der Waals surface area contributed by atoms with Crippen molar-refractivity contribution < 1.29 is 37.3 Å². The number of nitrogens with zero attached hydrogens (tertiary/aromatic N) is 1. The van der Waals surface area contributed by atoms with Crippen LogP contribution < -0.4 is 10.2 Å². The SMILES string of the molecule is CC\C=C/C=C/C=C/C=C\C=C\C=C\CCCCCC(=O)NC(COP(=O)([O-])OCC[N+](C)(C)C)C(/C=C/CCCCCCCCCCC)OC(=O)CCCCC/C=C\C/C=C\C/C=C\C/C=C\CCCCC. The minimum absolute atomic E-state index is 0.0451. The van der Waals surface area contributed by atoms with Crippen molar-refractivity contribution in [2.45, 2.75) is 213 Å². The lowest BCUT2D eigenvalue weighted by Gasteiger charge is -2.30. The molecule has 0 rings (SSSR count). The molecular formula is C63H105N2O7P. The first kappa shape index (κ1) is 69.2. The number of esters is 1. The third-order valence-electron chi connectivity index (χ3n) is 11.7. The first-order chi connectivity index (χ1) is 35.4. The average Bonchev–Trinajstić information content (AvgIpc) is 3.35. The number of allylic oxidation sites excluding steroid dienone is 21. The van der Waals surface area contributed by atoms with Gasteiger partial charge in [-0.05, 0) is 96.0 Å². The van der Waals surface area contributed by atoms with Crippen LogP contribution in [0.15, 0.2) is 134 Å². The molecule has 0 aromatic rings. The highest BCUT2D eigenvalue weighted by Crippen LogP contribution is 2.38. The average molecular weight is 1030 g/mol. The maximum Gasteiger partial charge on any atom is 0.306 e. The second-order valence-corrected chi connectivity index (χ2v) is 21.3. The maximum atomic E-state index is 13.5. The molecule has 0 saturated heterocycles. The molecule has 0 bridgehead atoms. The summed E-state index contributed by atoms with van der Waals surface area (Å²) in [6, 6.07) is -0.934. The van der Waals surface area contributed by atoms with Gasteiger partial charge in [-0.25, -0.2) is 0 Å². The Labute approximate surface area is 447 Å². The van der Waals surface area contributed by atoms with Gasteiger partial charge >= 0.3 is 5.97 Å². The van der Waals surface area contributed by atoms with Crippen LogP contribution in [-0.2, 0) is 27.9 Å². The minimum Gasteiger partial charge on any atom is -0.756 e. The summed E-state index contributed by atoms with van der Waals surface area (Å²) in [7, 11) is 1.11. The summed E-state index contributed by atoms with van der Waals surface area (Å²) >= 11 is 0. The van der Waals surface area contributed by atoms with E-state index in [0.717, 1.165) is 83.5 Å². The number of carbonyl (C=O) groups excluding carboxylic acids is 2. The smallest absolute Gasteiger partial charge is 0.306 e. The standard InChI is InChI=1S/C63H105N2O7P/c1-7-10-13-16-19-22-25-27-29-31-32-34-36-38-41-44-47-50-53-56-63(67)72-61(54-51-48-45-42-39-24-21-18-15-12-9-3)60(59-71-73(68,69)70-58-57-65(4,5)6)64-62(66)55-52-49-46-43-40-37-35-33-30-28-26-23-20-17-14-11-8-2/h11,14,17,19-20,22-23,26-30,32-35,37-38,40-41,51,54,60-61H,7-10,12-13,15-16,18,21,24-25,31,36,39,42-50,52-53,55-59H2,1-6H3,(H-,64,66,68,69)/b14-11-,20-17+,22-19-,26-23+,29-27-,30-28-,34-32-,35-33+,40-37+,41-38-,54-51+. The Bertz CT molecular complexity index is 1710. The van der Waals surface area contributed by atoms with Crippen LogP contribution in [0.4, 0.5) is 0 Å². The molecule has 3 atom stereocenters. The Morgan fingerprint density at radius 1 is 0.507 bits per heavy atom. The first-order valence-corrected chi connectivity index (χ1v) is 30.0. The molecule has 0 fully saturated rings. The van der Waals surface area contributed by atoms with Gasteiger partial charge in [0, 0.05) is 12.8 Å². The van der Waals surface area contributed by atoms with E-state index in [1.165, 1.54) is 70.6 Å². The van der Waals surface area contributed by atoms with Crippen LogP contribution in [0.1, 0.15) is 201 Å². The lowest BCUT2D eigenvalue weighted by atomic mass is 10.1. The van der Waals surface area contributed by atoms with Gasteiger partial charge in [0.15, 0.2) is 0 Å². The summed E-state index contributed by atoms with van der Waals surface area (Å²) in [5.41, 5.74) is 0.